The Bertz CT molecular complexity index is 1620. The molecular formula is C33H34ClN3O5S. The van der Waals surface area contributed by atoms with Crippen LogP contribution >= 0.6 is 11.6 Å². The Morgan fingerprint density at radius 1 is 0.837 bits per heavy atom. The predicted molar refractivity (Wildman–Crippen MR) is 169 cm³/mol. The van der Waals surface area contributed by atoms with Crippen LogP contribution in [0.4, 0.5) is 5.69 Å². The number of nitrogens with one attached hydrogen (secondary N) is 1. The minimum Gasteiger partial charge on any atom is -0.489 e. The number of rotatable bonds is 13. The molecule has 10 heteroatoms. The fraction of sp³-hybridized carbons (Fsp3) is 0.212. The molecule has 1 N–H and O–H groups in total. The highest BCUT2D eigenvalue weighted by Crippen LogP contribution is 2.25. The number of hydrogen-bond acceptors (Lipinski definition) is 5. The molecule has 4 rings (SSSR count). The lowest BCUT2D eigenvalue weighted by Gasteiger charge is -2.33. The van der Waals surface area contributed by atoms with Gasteiger partial charge in [-0.15, -0.1) is 0 Å². The van der Waals surface area contributed by atoms with Gasteiger partial charge in [-0.1, -0.05) is 90.5 Å². The zero-order valence-corrected chi connectivity index (χ0v) is 25.6. The fourth-order valence-electron chi connectivity index (χ4n) is 4.59. The third kappa shape index (κ3) is 8.83. The lowest BCUT2D eigenvalue weighted by molar-refractivity contribution is -0.139. The van der Waals surface area contributed by atoms with Crippen molar-refractivity contribution in [2.24, 2.45) is 0 Å². The molecule has 0 aliphatic heterocycles. The van der Waals surface area contributed by atoms with Crippen LogP contribution in [0.3, 0.4) is 0 Å². The Morgan fingerprint density at radius 3 is 2.00 bits per heavy atom. The van der Waals surface area contributed by atoms with Gasteiger partial charge in [0.25, 0.3) is 0 Å². The van der Waals surface area contributed by atoms with Crippen molar-refractivity contribution in [3.63, 3.8) is 0 Å². The molecule has 0 saturated heterocycles. The van der Waals surface area contributed by atoms with E-state index in [9.17, 15) is 18.0 Å². The van der Waals surface area contributed by atoms with Crippen molar-refractivity contribution < 1.29 is 22.7 Å². The highest BCUT2D eigenvalue weighted by atomic mass is 35.5. The Morgan fingerprint density at radius 2 is 1.42 bits per heavy atom. The first-order valence-electron chi connectivity index (χ1n) is 13.7. The standard InChI is InChI=1S/C33H34ClN3O5S/c1-35-33(39)31(21-25-11-5-3-6-12-25)36(22-27-15-9-10-16-30(27)34)32(38)23-37(43(2,40)41)28-17-19-29(20-18-28)42-24-26-13-7-4-8-14-26/h3-20,31H,21-24H2,1-2H3,(H,35,39)/t31-/m0/s1. The number of anilines is 1. The van der Waals surface area contributed by atoms with Gasteiger partial charge in [0.1, 0.15) is 24.9 Å². The van der Waals surface area contributed by atoms with Gasteiger partial charge in [-0.2, -0.15) is 0 Å². The van der Waals surface area contributed by atoms with E-state index in [1.165, 1.54) is 11.9 Å². The summed E-state index contributed by atoms with van der Waals surface area (Å²) in [4.78, 5) is 28.6. The summed E-state index contributed by atoms with van der Waals surface area (Å²) in [5.74, 6) is -0.385. The summed E-state index contributed by atoms with van der Waals surface area (Å²) < 4.78 is 32.8. The van der Waals surface area contributed by atoms with Gasteiger partial charge in [-0.05, 0) is 47.0 Å². The lowest BCUT2D eigenvalue weighted by Crippen LogP contribution is -2.52. The van der Waals surface area contributed by atoms with Gasteiger partial charge in [-0.25, -0.2) is 8.42 Å². The number of carbonyl (C=O) groups excluding carboxylic acids is 2. The topological polar surface area (TPSA) is 96.0 Å². The van der Waals surface area contributed by atoms with Gasteiger partial charge >= 0.3 is 0 Å². The quantitative estimate of drug-likeness (QED) is 0.225. The summed E-state index contributed by atoms with van der Waals surface area (Å²) >= 11 is 6.45. The van der Waals surface area contributed by atoms with E-state index < -0.39 is 28.5 Å². The highest BCUT2D eigenvalue weighted by molar-refractivity contribution is 7.92. The van der Waals surface area contributed by atoms with E-state index in [1.54, 1.807) is 48.5 Å². The largest absolute Gasteiger partial charge is 0.489 e. The number of nitrogens with zero attached hydrogens (tertiary/aromatic N) is 2. The average molecular weight is 620 g/mol. The second-order valence-electron chi connectivity index (χ2n) is 9.97. The summed E-state index contributed by atoms with van der Waals surface area (Å²) in [6, 6.07) is 31.6. The van der Waals surface area contributed by atoms with Crippen LogP contribution in [0.1, 0.15) is 16.7 Å². The molecule has 2 amide bonds. The van der Waals surface area contributed by atoms with Crippen LogP contribution in [-0.4, -0.2) is 51.0 Å². The monoisotopic (exact) mass is 619 g/mol. The summed E-state index contributed by atoms with van der Waals surface area (Å²) in [5.41, 5.74) is 2.76. The second kappa shape index (κ2) is 14.7. The van der Waals surface area contributed by atoms with Gasteiger partial charge in [-0.3, -0.25) is 13.9 Å². The van der Waals surface area contributed by atoms with Crippen LogP contribution in [0.25, 0.3) is 0 Å². The van der Waals surface area contributed by atoms with Crippen LogP contribution in [0.5, 0.6) is 5.75 Å². The van der Waals surface area contributed by atoms with E-state index in [2.05, 4.69) is 5.32 Å². The molecule has 43 heavy (non-hydrogen) atoms. The van der Waals surface area contributed by atoms with Crippen LogP contribution in [0.2, 0.25) is 5.02 Å². The molecule has 0 heterocycles. The van der Waals surface area contributed by atoms with Gasteiger partial charge in [0, 0.05) is 25.0 Å². The van der Waals surface area contributed by atoms with Crippen molar-refractivity contribution in [2.45, 2.75) is 25.6 Å². The highest BCUT2D eigenvalue weighted by Gasteiger charge is 2.33. The van der Waals surface area contributed by atoms with Crippen LogP contribution < -0.4 is 14.4 Å². The Labute approximate surface area is 257 Å². The van der Waals surface area contributed by atoms with Crippen molar-refractivity contribution in [3.05, 3.63) is 131 Å². The second-order valence-corrected chi connectivity index (χ2v) is 12.3. The van der Waals surface area contributed by atoms with Crippen LogP contribution in [0, 0.1) is 0 Å². The predicted octanol–water partition coefficient (Wildman–Crippen LogP) is 5.07. The van der Waals surface area contributed by atoms with Crippen LogP contribution in [-0.2, 0) is 39.2 Å². The minimum atomic E-state index is -3.89. The fourth-order valence-corrected chi connectivity index (χ4v) is 5.64. The molecule has 0 unspecified atom stereocenters. The molecular weight excluding hydrogens is 586 g/mol. The van der Waals surface area contributed by atoms with E-state index >= 15 is 0 Å². The smallest absolute Gasteiger partial charge is 0.244 e. The SMILES string of the molecule is CNC(=O)[C@H](Cc1ccccc1)N(Cc1ccccc1Cl)C(=O)CN(c1ccc(OCc2ccccc2)cc1)S(C)(=O)=O. The number of halogens is 1. The van der Waals surface area contributed by atoms with Gasteiger partial charge in [0.2, 0.25) is 21.8 Å². The van der Waals surface area contributed by atoms with Crippen LogP contribution in [0.15, 0.2) is 109 Å². The van der Waals surface area contributed by atoms with E-state index in [0.29, 0.717) is 28.6 Å². The number of likely N-dealkylation sites (N-methyl/N-ethyl adjacent to an activating group) is 1. The molecule has 0 bridgehead atoms. The number of ether oxygens (including phenoxy) is 1. The molecule has 0 aliphatic carbocycles. The maximum atomic E-state index is 14.0. The first-order chi connectivity index (χ1) is 20.7. The Kier molecular flexibility index (Phi) is 10.8. The Balaban J connectivity index is 1.62. The van der Waals surface area contributed by atoms with Crippen molar-refractivity contribution in [2.75, 3.05) is 24.2 Å². The number of amides is 2. The molecule has 0 spiro atoms. The molecule has 0 aromatic heterocycles. The molecule has 8 nitrogen and oxygen atoms in total. The molecule has 0 aliphatic rings. The normalized spacial score (nSPS) is 11.8. The maximum Gasteiger partial charge on any atom is 0.244 e. The third-order valence-electron chi connectivity index (χ3n) is 6.87. The van der Waals surface area contributed by atoms with Crippen molar-refractivity contribution in [1.82, 2.24) is 10.2 Å². The van der Waals surface area contributed by atoms with Crippen molar-refractivity contribution in [1.29, 1.82) is 0 Å². The summed E-state index contributed by atoms with van der Waals surface area (Å²) in [6.07, 6.45) is 1.27. The first-order valence-corrected chi connectivity index (χ1v) is 15.9. The lowest BCUT2D eigenvalue weighted by atomic mass is 10.0. The maximum absolute atomic E-state index is 14.0. The van der Waals surface area contributed by atoms with Gasteiger partial charge in [0.05, 0.1) is 11.9 Å². The minimum absolute atomic E-state index is 0.00723. The molecule has 4 aromatic rings. The number of benzene rings is 4. The molecule has 0 radical (unpaired) electrons. The molecule has 0 saturated carbocycles. The molecule has 1 atom stereocenters. The van der Waals surface area contributed by atoms with E-state index in [-0.39, 0.29) is 18.9 Å². The number of sulfonamides is 1. The zero-order chi connectivity index (χ0) is 30.8. The average Bonchev–Trinajstić information content (AvgIpc) is 3.01. The number of hydrogen-bond donors (Lipinski definition) is 1. The summed E-state index contributed by atoms with van der Waals surface area (Å²) in [5, 5.41) is 3.09. The number of carbonyl (C=O) groups is 2. The van der Waals surface area contributed by atoms with Crippen molar-refractivity contribution in [3.8, 4) is 5.75 Å². The Hall–Kier alpha value is -4.34. The molecule has 0 fully saturated rings. The zero-order valence-electron chi connectivity index (χ0n) is 24.0. The van der Waals surface area contributed by atoms with E-state index in [1.807, 2.05) is 60.7 Å². The van der Waals surface area contributed by atoms with Gasteiger partial charge in [0.15, 0.2) is 0 Å². The molecule has 224 valence electrons. The summed E-state index contributed by atoms with van der Waals surface area (Å²) in [7, 11) is -2.38. The van der Waals surface area contributed by atoms with E-state index in [4.69, 9.17) is 16.3 Å². The third-order valence-corrected chi connectivity index (χ3v) is 8.38. The van der Waals surface area contributed by atoms with Gasteiger partial charge < -0.3 is 15.0 Å². The summed E-state index contributed by atoms with van der Waals surface area (Å²) in [6.45, 7) is -0.156. The van der Waals surface area contributed by atoms with Crippen molar-refractivity contribution >= 4 is 39.1 Å². The first kappa shape index (κ1) is 31.6. The van der Waals surface area contributed by atoms with E-state index in [0.717, 1.165) is 21.7 Å². The molecule has 4 aromatic carbocycles.